The molecule has 0 atom stereocenters. The Hall–Kier alpha value is -0.0800. The zero-order valence-electron chi connectivity index (χ0n) is 8.60. The molecule has 0 unspecified atom stereocenters. The number of hydrogen-bond donors (Lipinski definition) is 0. The third-order valence-corrected chi connectivity index (χ3v) is 2.96. The molecule has 1 fully saturated rings. The lowest BCUT2D eigenvalue weighted by Gasteiger charge is -2.38. The summed E-state index contributed by atoms with van der Waals surface area (Å²) in [6.45, 7) is 5.44. The summed E-state index contributed by atoms with van der Waals surface area (Å²) in [7, 11) is 4.32. The van der Waals surface area contributed by atoms with Gasteiger partial charge in [0.05, 0.1) is 0 Å². The molecule has 0 aromatic rings. The van der Waals surface area contributed by atoms with Crippen molar-refractivity contribution in [1.29, 1.82) is 0 Å². The summed E-state index contributed by atoms with van der Waals surface area (Å²) in [5.74, 6) is 0. The van der Waals surface area contributed by atoms with Gasteiger partial charge in [-0.3, -0.25) is 0 Å². The Bertz CT molecular complexity index is 128. The van der Waals surface area contributed by atoms with Crippen molar-refractivity contribution in [3.05, 3.63) is 0 Å². The van der Waals surface area contributed by atoms with Crippen molar-refractivity contribution in [1.82, 2.24) is 4.90 Å². The fourth-order valence-corrected chi connectivity index (χ4v) is 2.10. The van der Waals surface area contributed by atoms with Crippen LogP contribution in [0.25, 0.3) is 0 Å². The maximum atomic E-state index is 5.39. The van der Waals surface area contributed by atoms with Gasteiger partial charge in [0.2, 0.25) is 0 Å². The number of hydrogen-bond acceptors (Lipinski definition) is 2. The highest BCUT2D eigenvalue weighted by molar-refractivity contribution is 4.82. The molecular formula is C10H21NO. The molecule has 2 nitrogen and oxygen atoms in total. The lowest BCUT2D eigenvalue weighted by Crippen LogP contribution is -2.38. The minimum absolute atomic E-state index is 0.543. The number of nitrogens with zero attached hydrogens (tertiary/aromatic N) is 1. The molecule has 0 amide bonds. The molecule has 12 heavy (non-hydrogen) atoms. The van der Waals surface area contributed by atoms with Gasteiger partial charge in [-0.25, -0.2) is 0 Å². The Balaban J connectivity index is 2.48. The van der Waals surface area contributed by atoms with Gasteiger partial charge in [0.25, 0.3) is 0 Å². The number of ether oxygens (including phenoxy) is 1. The van der Waals surface area contributed by atoms with Gasteiger partial charge in [-0.1, -0.05) is 6.92 Å². The van der Waals surface area contributed by atoms with Crippen molar-refractivity contribution >= 4 is 0 Å². The lowest BCUT2D eigenvalue weighted by atomic mass is 9.77. The van der Waals surface area contributed by atoms with Gasteiger partial charge in [-0.2, -0.15) is 0 Å². The fraction of sp³-hybridized carbons (Fsp3) is 1.00. The predicted octanol–water partition coefficient (Wildman–Crippen LogP) is 1.75. The molecule has 1 heterocycles. The zero-order chi connectivity index (χ0) is 9.03. The van der Waals surface area contributed by atoms with Crippen molar-refractivity contribution in [3.8, 4) is 0 Å². The van der Waals surface area contributed by atoms with Crippen LogP contribution in [0.3, 0.4) is 0 Å². The fourth-order valence-electron chi connectivity index (χ4n) is 2.10. The van der Waals surface area contributed by atoms with Crippen LogP contribution in [-0.4, -0.2) is 38.8 Å². The van der Waals surface area contributed by atoms with Gasteiger partial charge in [-0.05, 0) is 38.8 Å². The highest BCUT2D eigenvalue weighted by atomic mass is 16.5. The average Bonchev–Trinajstić information content (AvgIpc) is 2.05. The summed E-state index contributed by atoms with van der Waals surface area (Å²) in [6, 6.07) is 0. The lowest BCUT2D eigenvalue weighted by molar-refractivity contribution is 0.000152. The topological polar surface area (TPSA) is 12.5 Å². The average molecular weight is 171 g/mol. The van der Waals surface area contributed by atoms with Gasteiger partial charge in [0.15, 0.2) is 0 Å². The Morgan fingerprint density at radius 3 is 2.25 bits per heavy atom. The Morgan fingerprint density at radius 1 is 1.25 bits per heavy atom. The minimum atomic E-state index is 0.543. The maximum absolute atomic E-state index is 5.39. The minimum Gasteiger partial charge on any atom is -0.381 e. The normalized spacial score (nSPS) is 23.0. The van der Waals surface area contributed by atoms with Crippen molar-refractivity contribution in [3.63, 3.8) is 0 Å². The van der Waals surface area contributed by atoms with E-state index in [1.165, 1.54) is 25.8 Å². The van der Waals surface area contributed by atoms with Crippen LogP contribution in [0.2, 0.25) is 0 Å². The van der Waals surface area contributed by atoms with Crippen LogP contribution in [-0.2, 0) is 4.74 Å². The molecule has 0 spiro atoms. The van der Waals surface area contributed by atoms with E-state index in [9.17, 15) is 0 Å². The van der Waals surface area contributed by atoms with E-state index in [1.54, 1.807) is 0 Å². The molecule has 1 rings (SSSR count). The highest BCUT2D eigenvalue weighted by Crippen LogP contribution is 2.34. The molecule has 0 aromatic heterocycles. The molecule has 0 bridgehead atoms. The second kappa shape index (κ2) is 4.24. The van der Waals surface area contributed by atoms with E-state index in [0.717, 1.165) is 13.2 Å². The molecule has 1 aliphatic rings. The molecule has 72 valence electrons. The van der Waals surface area contributed by atoms with Crippen molar-refractivity contribution < 1.29 is 4.74 Å². The van der Waals surface area contributed by atoms with Gasteiger partial charge >= 0.3 is 0 Å². The summed E-state index contributed by atoms with van der Waals surface area (Å²) < 4.78 is 5.39. The van der Waals surface area contributed by atoms with Crippen molar-refractivity contribution in [2.24, 2.45) is 5.41 Å². The Morgan fingerprint density at radius 2 is 1.83 bits per heavy atom. The maximum Gasteiger partial charge on any atom is 0.0471 e. The van der Waals surface area contributed by atoms with Gasteiger partial charge < -0.3 is 9.64 Å². The summed E-state index contributed by atoms with van der Waals surface area (Å²) >= 11 is 0. The number of rotatable bonds is 3. The third-order valence-electron chi connectivity index (χ3n) is 2.96. The standard InChI is InChI=1S/C10H21NO/c1-4-10(9-11(2)3)5-7-12-8-6-10/h4-9H2,1-3H3. The van der Waals surface area contributed by atoms with Crippen LogP contribution in [0.15, 0.2) is 0 Å². The van der Waals surface area contributed by atoms with Crippen LogP contribution < -0.4 is 0 Å². The quantitative estimate of drug-likeness (QED) is 0.641. The van der Waals surface area contributed by atoms with E-state index in [1.807, 2.05) is 0 Å². The van der Waals surface area contributed by atoms with E-state index < -0.39 is 0 Å². The molecular weight excluding hydrogens is 150 g/mol. The monoisotopic (exact) mass is 171 g/mol. The first-order valence-corrected chi connectivity index (χ1v) is 4.91. The van der Waals surface area contributed by atoms with Crippen LogP contribution in [0, 0.1) is 5.41 Å². The zero-order valence-corrected chi connectivity index (χ0v) is 8.60. The largest absolute Gasteiger partial charge is 0.381 e. The third kappa shape index (κ3) is 2.46. The Labute approximate surface area is 75.9 Å². The van der Waals surface area contributed by atoms with Crippen molar-refractivity contribution in [2.75, 3.05) is 33.9 Å². The van der Waals surface area contributed by atoms with E-state index in [-0.39, 0.29) is 0 Å². The van der Waals surface area contributed by atoms with Gasteiger partial charge in [0.1, 0.15) is 0 Å². The van der Waals surface area contributed by atoms with E-state index >= 15 is 0 Å². The first-order valence-electron chi connectivity index (χ1n) is 4.91. The summed E-state index contributed by atoms with van der Waals surface area (Å²) in [6.07, 6.45) is 3.76. The SMILES string of the molecule is CCC1(CN(C)C)CCOCC1. The van der Waals surface area contributed by atoms with Crippen molar-refractivity contribution in [2.45, 2.75) is 26.2 Å². The van der Waals surface area contributed by atoms with Crippen LogP contribution in [0.1, 0.15) is 26.2 Å². The molecule has 0 saturated carbocycles. The summed E-state index contributed by atoms with van der Waals surface area (Å²) in [5, 5.41) is 0. The first-order chi connectivity index (χ1) is 5.68. The van der Waals surface area contributed by atoms with E-state index in [0.29, 0.717) is 5.41 Å². The van der Waals surface area contributed by atoms with Crippen LogP contribution in [0.5, 0.6) is 0 Å². The second-order valence-corrected chi connectivity index (χ2v) is 4.20. The molecule has 0 radical (unpaired) electrons. The van der Waals surface area contributed by atoms with Crippen LogP contribution in [0.4, 0.5) is 0 Å². The predicted molar refractivity (Wildman–Crippen MR) is 51.3 cm³/mol. The summed E-state index contributed by atoms with van der Waals surface area (Å²) in [5.41, 5.74) is 0.543. The molecule has 0 N–H and O–H groups in total. The Kier molecular flexibility index (Phi) is 3.53. The summed E-state index contributed by atoms with van der Waals surface area (Å²) in [4.78, 5) is 2.30. The van der Waals surface area contributed by atoms with Gasteiger partial charge in [0, 0.05) is 19.8 Å². The molecule has 1 saturated heterocycles. The van der Waals surface area contributed by atoms with E-state index in [2.05, 4.69) is 25.9 Å². The smallest absolute Gasteiger partial charge is 0.0471 e. The molecule has 0 aliphatic carbocycles. The van der Waals surface area contributed by atoms with Crippen LogP contribution >= 0.6 is 0 Å². The van der Waals surface area contributed by atoms with Gasteiger partial charge in [-0.15, -0.1) is 0 Å². The molecule has 0 aromatic carbocycles. The molecule has 1 aliphatic heterocycles. The first kappa shape index (κ1) is 10.0. The highest BCUT2D eigenvalue weighted by Gasteiger charge is 2.30. The second-order valence-electron chi connectivity index (χ2n) is 4.20. The van der Waals surface area contributed by atoms with E-state index in [4.69, 9.17) is 4.74 Å². The molecule has 2 heteroatoms.